The van der Waals surface area contributed by atoms with E-state index in [1.54, 1.807) is 0 Å². The Morgan fingerprint density at radius 3 is 2.38 bits per heavy atom. The number of rotatable bonds is 5. The number of carboxylic acid groups (broad SMARTS) is 1. The largest absolute Gasteiger partial charge is 0.489 e. The van der Waals surface area contributed by atoms with Crippen molar-refractivity contribution in [2.45, 2.75) is 6.61 Å². The Hall–Kier alpha value is -3.34. The van der Waals surface area contributed by atoms with Gasteiger partial charge in [-0.25, -0.2) is 4.79 Å². The molecule has 5 heteroatoms. The van der Waals surface area contributed by atoms with Gasteiger partial charge in [0.05, 0.1) is 0 Å². The van der Waals surface area contributed by atoms with E-state index in [9.17, 15) is 9.59 Å². The molecule has 120 valence electrons. The van der Waals surface area contributed by atoms with Gasteiger partial charge in [-0.05, 0) is 34.9 Å². The summed E-state index contributed by atoms with van der Waals surface area (Å²) in [5, 5.41) is 9.02. The van der Waals surface area contributed by atoms with Gasteiger partial charge in [-0.2, -0.15) is 0 Å². The summed E-state index contributed by atoms with van der Waals surface area (Å²) >= 11 is 0. The lowest BCUT2D eigenvalue weighted by Gasteiger charge is -2.08. The van der Waals surface area contributed by atoms with Crippen LogP contribution in [0.15, 0.2) is 71.7 Å². The fourth-order valence-electron chi connectivity index (χ4n) is 2.29. The van der Waals surface area contributed by atoms with Crippen LogP contribution in [0.25, 0.3) is 11.1 Å². The highest BCUT2D eigenvalue weighted by atomic mass is 16.5. The first-order valence-corrected chi connectivity index (χ1v) is 7.36. The van der Waals surface area contributed by atoms with Gasteiger partial charge in [0.1, 0.15) is 17.9 Å². The molecular weight excluding hydrogens is 306 g/mol. The van der Waals surface area contributed by atoms with Crippen molar-refractivity contribution in [3.63, 3.8) is 0 Å². The Kier molecular flexibility index (Phi) is 4.43. The van der Waals surface area contributed by atoms with E-state index in [-0.39, 0.29) is 5.56 Å². The van der Waals surface area contributed by atoms with E-state index in [2.05, 4.69) is 4.98 Å². The van der Waals surface area contributed by atoms with Gasteiger partial charge in [-0.3, -0.25) is 4.79 Å². The van der Waals surface area contributed by atoms with E-state index in [1.807, 2.05) is 54.6 Å². The van der Waals surface area contributed by atoms with Crippen molar-refractivity contribution in [3.8, 4) is 16.9 Å². The number of aromatic carboxylic acids is 1. The standard InChI is InChI=1S/C19H15NO4/c21-18-17(19(22)23)10-15(11-20-18)14-6-8-16(9-7-14)24-12-13-4-2-1-3-5-13/h1-11H,12H2,(H,20,21)(H,22,23). The highest BCUT2D eigenvalue weighted by molar-refractivity contribution is 5.88. The van der Waals surface area contributed by atoms with E-state index >= 15 is 0 Å². The second-order valence-corrected chi connectivity index (χ2v) is 5.23. The van der Waals surface area contributed by atoms with Crippen molar-refractivity contribution in [3.05, 3.63) is 88.3 Å². The molecule has 24 heavy (non-hydrogen) atoms. The quantitative estimate of drug-likeness (QED) is 0.755. The fraction of sp³-hybridized carbons (Fsp3) is 0.0526. The van der Waals surface area contributed by atoms with Gasteiger partial charge in [0.2, 0.25) is 0 Å². The van der Waals surface area contributed by atoms with Crippen molar-refractivity contribution in [1.82, 2.24) is 4.98 Å². The Labute approximate surface area is 138 Å². The SMILES string of the molecule is O=C(O)c1cc(-c2ccc(OCc3ccccc3)cc2)c[nH]c1=O. The zero-order valence-corrected chi connectivity index (χ0v) is 12.7. The summed E-state index contributed by atoms with van der Waals surface area (Å²) in [5.74, 6) is -0.536. The number of aromatic nitrogens is 1. The molecule has 2 N–H and O–H groups in total. The second kappa shape index (κ2) is 6.83. The van der Waals surface area contributed by atoms with Crippen molar-refractivity contribution >= 4 is 5.97 Å². The number of hydrogen-bond acceptors (Lipinski definition) is 3. The summed E-state index contributed by atoms with van der Waals surface area (Å²) in [6.07, 6.45) is 1.49. The maximum Gasteiger partial charge on any atom is 0.341 e. The monoisotopic (exact) mass is 321 g/mol. The lowest BCUT2D eigenvalue weighted by atomic mass is 10.1. The zero-order chi connectivity index (χ0) is 16.9. The van der Waals surface area contributed by atoms with Crippen LogP contribution in [0.2, 0.25) is 0 Å². The Morgan fingerprint density at radius 1 is 1.00 bits per heavy atom. The lowest BCUT2D eigenvalue weighted by molar-refractivity contribution is 0.0695. The van der Waals surface area contributed by atoms with Crippen LogP contribution in [0, 0.1) is 0 Å². The van der Waals surface area contributed by atoms with Crippen LogP contribution < -0.4 is 10.3 Å². The van der Waals surface area contributed by atoms with Crippen LogP contribution in [0.1, 0.15) is 15.9 Å². The molecule has 1 aromatic heterocycles. The minimum absolute atomic E-state index is 0.281. The summed E-state index contributed by atoms with van der Waals surface area (Å²) < 4.78 is 5.71. The number of carboxylic acids is 1. The molecule has 0 aliphatic carbocycles. The first-order chi connectivity index (χ1) is 11.6. The number of pyridine rings is 1. The number of ether oxygens (including phenoxy) is 1. The molecule has 0 unspecified atom stereocenters. The lowest BCUT2D eigenvalue weighted by Crippen LogP contribution is -2.16. The molecule has 0 amide bonds. The highest BCUT2D eigenvalue weighted by Gasteiger charge is 2.10. The first kappa shape index (κ1) is 15.6. The van der Waals surface area contributed by atoms with Crippen LogP contribution in [-0.4, -0.2) is 16.1 Å². The Balaban J connectivity index is 1.76. The molecule has 0 fully saturated rings. The molecule has 0 spiro atoms. The zero-order valence-electron chi connectivity index (χ0n) is 12.7. The Bertz CT molecular complexity index is 899. The molecule has 0 bridgehead atoms. The molecular formula is C19H15NO4. The van der Waals surface area contributed by atoms with Gasteiger partial charge in [0.25, 0.3) is 5.56 Å². The van der Waals surface area contributed by atoms with E-state index < -0.39 is 11.5 Å². The molecule has 0 aliphatic rings. The molecule has 0 radical (unpaired) electrons. The van der Waals surface area contributed by atoms with Gasteiger partial charge >= 0.3 is 5.97 Å². The summed E-state index contributed by atoms with van der Waals surface area (Å²) in [6, 6.07) is 18.5. The molecule has 0 saturated heterocycles. The Morgan fingerprint density at radius 2 is 1.71 bits per heavy atom. The summed E-state index contributed by atoms with van der Waals surface area (Å²) in [5.41, 5.74) is 1.60. The molecule has 0 saturated carbocycles. The molecule has 3 rings (SSSR count). The number of nitrogens with one attached hydrogen (secondary N) is 1. The van der Waals surface area contributed by atoms with Gasteiger partial charge in [-0.15, -0.1) is 0 Å². The maximum absolute atomic E-state index is 11.5. The van der Waals surface area contributed by atoms with Crippen molar-refractivity contribution in [2.24, 2.45) is 0 Å². The summed E-state index contributed by atoms with van der Waals surface area (Å²) in [4.78, 5) is 24.9. The van der Waals surface area contributed by atoms with E-state index in [4.69, 9.17) is 9.84 Å². The van der Waals surface area contributed by atoms with E-state index in [0.717, 1.165) is 11.1 Å². The first-order valence-electron chi connectivity index (χ1n) is 7.36. The minimum atomic E-state index is -1.25. The third-order valence-corrected chi connectivity index (χ3v) is 3.57. The topological polar surface area (TPSA) is 79.4 Å². The highest BCUT2D eigenvalue weighted by Crippen LogP contribution is 2.22. The number of hydrogen-bond donors (Lipinski definition) is 2. The average Bonchev–Trinajstić information content (AvgIpc) is 2.61. The fourth-order valence-corrected chi connectivity index (χ4v) is 2.29. The van der Waals surface area contributed by atoms with Crippen LogP contribution in [0.4, 0.5) is 0 Å². The van der Waals surface area contributed by atoms with Crippen molar-refractivity contribution in [2.75, 3.05) is 0 Å². The number of aromatic amines is 1. The molecule has 1 heterocycles. The summed E-state index contributed by atoms with van der Waals surface area (Å²) in [7, 11) is 0. The van der Waals surface area contributed by atoms with Gasteiger partial charge in [-0.1, -0.05) is 42.5 Å². The van der Waals surface area contributed by atoms with E-state index in [0.29, 0.717) is 17.9 Å². The van der Waals surface area contributed by atoms with Crippen LogP contribution in [-0.2, 0) is 6.61 Å². The summed E-state index contributed by atoms with van der Waals surface area (Å²) in [6.45, 7) is 0.474. The predicted octanol–water partition coefficient (Wildman–Crippen LogP) is 3.32. The number of H-pyrrole nitrogens is 1. The molecule has 5 nitrogen and oxygen atoms in total. The smallest absolute Gasteiger partial charge is 0.341 e. The van der Waals surface area contributed by atoms with E-state index in [1.165, 1.54) is 12.3 Å². The van der Waals surface area contributed by atoms with Crippen LogP contribution in [0.5, 0.6) is 5.75 Å². The van der Waals surface area contributed by atoms with Gasteiger partial charge in [0.15, 0.2) is 0 Å². The van der Waals surface area contributed by atoms with Crippen molar-refractivity contribution < 1.29 is 14.6 Å². The van der Waals surface area contributed by atoms with Gasteiger partial charge < -0.3 is 14.8 Å². The van der Waals surface area contributed by atoms with Crippen LogP contribution in [0.3, 0.4) is 0 Å². The average molecular weight is 321 g/mol. The normalized spacial score (nSPS) is 10.3. The molecule has 3 aromatic rings. The molecule has 2 aromatic carbocycles. The maximum atomic E-state index is 11.5. The number of carbonyl (C=O) groups is 1. The molecule has 0 aliphatic heterocycles. The van der Waals surface area contributed by atoms with Crippen LogP contribution >= 0.6 is 0 Å². The second-order valence-electron chi connectivity index (χ2n) is 5.23. The van der Waals surface area contributed by atoms with Crippen molar-refractivity contribution in [1.29, 1.82) is 0 Å². The minimum Gasteiger partial charge on any atom is -0.489 e. The molecule has 0 atom stereocenters. The number of benzene rings is 2. The van der Waals surface area contributed by atoms with Gasteiger partial charge in [0, 0.05) is 6.20 Å². The predicted molar refractivity (Wildman–Crippen MR) is 90.2 cm³/mol. The third-order valence-electron chi connectivity index (χ3n) is 3.57. The third kappa shape index (κ3) is 3.52.